The van der Waals surface area contributed by atoms with E-state index in [-0.39, 0.29) is 18.3 Å². The number of thiazole rings is 1. The summed E-state index contributed by atoms with van der Waals surface area (Å²) in [5.41, 5.74) is 6.27. The lowest BCUT2D eigenvalue weighted by molar-refractivity contribution is -0.126. The number of amides is 1. The Hall–Kier alpha value is -0.650. The number of nitrogens with one attached hydrogen (secondary N) is 1. The number of aryl methyl sites for hydroxylation is 2. The number of carbonyl (C=O) groups excluding carboxylic acids is 1. The first-order valence-electron chi connectivity index (χ1n) is 6.37. The Labute approximate surface area is 125 Å². The van der Waals surface area contributed by atoms with Crippen LogP contribution >= 0.6 is 23.7 Å². The molecule has 0 aliphatic carbocycles. The molecule has 1 atom stereocenters. The predicted molar refractivity (Wildman–Crippen MR) is 83.1 cm³/mol. The van der Waals surface area contributed by atoms with Gasteiger partial charge >= 0.3 is 0 Å². The van der Waals surface area contributed by atoms with Gasteiger partial charge in [-0.3, -0.25) is 4.79 Å². The molecule has 19 heavy (non-hydrogen) atoms. The Morgan fingerprint density at radius 3 is 2.58 bits per heavy atom. The number of hydrogen-bond donors (Lipinski definition) is 2. The summed E-state index contributed by atoms with van der Waals surface area (Å²) in [5.74, 6) is -0.0747. The molecule has 6 heteroatoms. The molecule has 0 saturated heterocycles. The van der Waals surface area contributed by atoms with E-state index in [1.807, 2.05) is 13.8 Å². The van der Waals surface area contributed by atoms with E-state index in [0.29, 0.717) is 13.0 Å². The SMILES string of the molecule is CCCC(C)(N)C(=O)NCCc1nc(C)c(C)s1.Cl. The third kappa shape index (κ3) is 5.47. The number of aromatic nitrogens is 1. The van der Waals surface area contributed by atoms with Crippen molar-refractivity contribution in [3.05, 3.63) is 15.6 Å². The summed E-state index contributed by atoms with van der Waals surface area (Å²) in [6.45, 7) is 8.48. The fourth-order valence-electron chi connectivity index (χ4n) is 1.76. The van der Waals surface area contributed by atoms with E-state index < -0.39 is 5.54 Å². The van der Waals surface area contributed by atoms with Crippen LogP contribution in [0.25, 0.3) is 0 Å². The Bertz CT molecular complexity index is 399. The number of nitrogens with zero attached hydrogens (tertiary/aromatic N) is 1. The zero-order valence-corrected chi connectivity index (χ0v) is 13.7. The van der Waals surface area contributed by atoms with Gasteiger partial charge in [-0.15, -0.1) is 23.7 Å². The molecule has 0 spiro atoms. The lowest BCUT2D eigenvalue weighted by atomic mass is 9.96. The smallest absolute Gasteiger partial charge is 0.239 e. The lowest BCUT2D eigenvalue weighted by Crippen LogP contribution is -2.51. The highest BCUT2D eigenvalue weighted by molar-refractivity contribution is 7.11. The Kier molecular flexibility index (Phi) is 7.55. The van der Waals surface area contributed by atoms with Crippen LogP contribution < -0.4 is 11.1 Å². The van der Waals surface area contributed by atoms with Crippen LogP contribution in [0, 0.1) is 13.8 Å². The van der Waals surface area contributed by atoms with Gasteiger partial charge in [0.2, 0.25) is 5.91 Å². The number of nitrogens with two attached hydrogens (primary N) is 1. The molecule has 110 valence electrons. The van der Waals surface area contributed by atoms with E-state index >= 15 is 0 Å². The topological polar surface area (TPSA) is 68.0 Å². The van der Waals surface area contributed by atoms with E-state index in [1.54, 1.807) is 18.3 Å². The van der Waals surface area contributed by atoms with Gasteiger partial charge < -0.3 is 11.1 Å². The van der Waals surface area contributed by atoms with Crippen molar-refractivity contribution in [2.24, 2.45) is 5.73 Å². The summed E-state index contributed by atoms with van der Waals surface area (Å²) in [7, 11) is 0. The second-order valence-corrected chi connectivity index (χ2v) is 6.21. The molecule has 1 aromatic heterocycles. The van der Waals surface area contributed by atoms with Crippen LogP contribution in [0.3, 0.4) is 0 Å². The van der Waals surface area contributed by atoms with E-state index in [4.69, 9.17) is 5.73 Å². The molecule has 0 aliphatic rings. The quantitative estimate of drug-likeness (QED) is 0.848. The summed E-state index contributed by atoms with van der Waals surface area (Å²) in [6.07, 6.45) is 2.38. The van der Waals surface area contributed by atoms with Gasteiger partial charge in [-0.1, -0.05) is 13.3 Å². The lowest BCUT2D eigenvalue weighted by Gasteiger charge is -2.22. The molecule has 0 saturated carbocycles. The zero-order chi connectivity index (χ0) is 13.8. The summed E-state index contributed by atoms with van der Waals surface area (Å²) in [6, 6.07) is 0. The largest absolute Gasteiger partial charge is 0.354 e. The maximum Gasteiger partial charge on any atom is 0.239 e. The van der Waals surface area contributed by atoms with Gasteiger partial charge in [0.1, 0.15) is 0 Å². The highest BCUT2D eigenvalue weighted by Gasteiger charge is 2.26. The molecule has 0 bridgehead atoms. The normalized spacial score (nSPS) is 13.5. The third-order valence-electron chi connectivity index (χ3n) is 2.99. The van der Waals surface area contributed by atoms with Crippen LogP contribution in [0.5, 0.6) is 0 Å². The number of rotatable bonds is 6. The maximum atomic E-state index is 11.9. The summed E-state index contributed by atoms with van der Waals surface area (Å²) >= 11 is 1.69. The monoisotopic (exact) mass is 305 g/mol. The van der Waals surface area contributed by atoms with E-state index in [1.165, 1.54) is 4.88 Å². The first-order valence-corrected chi connectivity index (χ1v) is 7.18. The minimum atomic E-state index is -0.760. The van der Waals surface area contributed by atoms with Crippen molar-refractivity contribution in [1.82, 2.24) is 10.3 Å². The maximum absolute atomic E-state index is 11.9. The number of hydrogen-bond acceptors (Lipinski definition) is 4. The molecule has 1 aromatic rings. The van der Waals surface area contributed by atoms with Crippen LogP contribution in [0.1, 0.15) is 42.3 Å². The average Bonchev–Trinajstić information content (AvgIpc) is 2.58. The third-order valence-corrected chi connectivity index (χ3v) is 4.12. The second-order valence-electron chi connectivity index (χ2n) is 4.92. The fourth-order valence-corrected chi connectivity index (χ4v) is 2.70. The van der Waals surface area contributed by atoms with Gasteiger partial charge in [0.25, 0.3) is 0 Å². The minimum Gasteiger partial charge on any atom is -0.354 e. The van der Waals surface area contributed by atoms with Gasteiger partial charge in [0, 0.05) is 17.8 Å². The zero-order valence-electron chi connectivity index (χ0n) is 12.1. The Balaban J connectivity index is 0.00000324. The molecule has 1 unspecified atom stereocenters. The van der Waals surface area contributed by atoms with Crippen LogP contribution in [0.4, 0.5) is 0 Å². The Morgan fingerprint density at radius 1 is 1.47 bits per heavy atom. The van der Waals surface area contributed by atoms with Crippen molar-refractivity contribution in [2.45, 2.75) is 52.5 Å². The molecule has 4 nitrogen and oxygen atoms in total. The van der Waals surface area contributed by atoms with E-state index in [2.05, 4.69) is 17.2 Å². The molecule has 0 aromatic carbocycles. The molecule has 3 N–H and O–H groups in total. The van der Waals surface area contributed by atoms with Gasteiger partial charge in [-0.05, 0) is 27.2 Å². The van der Waals surface area contributed by atoms with Gasteiger partial charge in [0.15, 0.2) is 0 Å². The molecular weight excluding hydrogens is 282 g/mol. The number of carbonyl (C=O) groups is 1. The molecule has 1 heterocycles. The predicted octanol–water partition coefficient (Wildman–Crippen LogP) is 2.36. The first-order chi connectivity index (χ1) is 8.36. The Morgan fingerprint density at radius 2 is 2.11 bits per heavy atom. The first kappa shape index (κ1) is 18.4. The summed E-state index contributed by atoms with van der Waals surface area (Å²) < 4.78 is 0. The fraction of sp³-hybridized carbons (Fsp3) is 0.692. The molecule has 1 rings (SSSR count). The van der Waals surface area contributed by atoms with Crippen LogP contribution in [0.2, 0.25) is 0 Å². The van der Waals surface area contributed by atoms with Crippen molar-refractivity contribution >= 4 is 29.7 Å². The van der Waals surface area contributed by atoms with Crippen LogP contribution in [0.15, 0.2) is 0 Å². The van der Waals surface area contributed by atoms with E-state index in [0.717, 1.165) is 23.5 Å². The summed E-state index contributed by atoms with van der Waals surface area (Å²) in [5, 5.41) is 3.96. The molecule has 0 fully saturated rings. The average molecular weight is 306 g/mol. The van der Waals surface area contributed by atoms with Crippen molar-refractivity contribution in [1.29, 1.82) is 0 Å². The highest BCUT2D eigenvalue weighted by Crippen LogP contribution is 2.16. The van der Waals surface area contributed by atoms with E-state index in [9.17, 15) is 4.79 Å². The van der Waals surface area contributed by atoms with Crippen molar-refractivity contribution in [2.75, 3.05) is 6.54 Å². The van der Waals surface area contributed by atoms with Crippen molar-refractivity contribution < 1.29 is 4.79 Å². The van der Waals surface area contributed by atoms with Crippen molar-refractivity contribution in [3.8, 4) is 0 Å². The molecule has 0 aliphatic heterocycles. The van der Waals surface area contributed by atoms with Gasteiger partial charge in [0.05, 0.1) is 16.2 Å². The second kappa shape index (κ2) is 7.82. The summed E-state index contributed by atoms with van der Waals surface area (Å²) in [4.78, 5) is 17.5. The van der Waals surface area contributed by atoms with Crippen molar-refractivity contribution in [3.63, 3.8) is 0 Å². The highest BCUT2D eigenvalue weighted by atomic mass is 35.5. The minimum absolute atomic E-state index is 0. The van der Waals surface area contributed by atoms with Gasteiger partial charge in [-0.2, -0.15) is 0 Å². The van der Waals surface area contributed by atoms with Crippen LogP contribution in [-0.2, 0) is 11.2 Å². The standard InChI is InChI=1S/C13H23N3OS.ClH/c1-5-7-13(4,14)12(17)15-8-6-11-16-9(2)10(3)18-11;/h5-8,14H2,1-4H3,(H,15,17);1H. The molecule has 0 radical (unpaired) electrons. The van der Waals surface area contributed by atoms with Crippen LogP contribution in [-0.4, -0.2) is 23.0 Å². The molecule has 1 amide bonds. The number of halogens is 1. The van der Waals surface area contributed by atoms with Gasteiger partial charge in [-0.25, -0.2) is 4.98 Å². The molecular formula is C13H24ClN3OS.